The Morgan fingerprint density at radius 1 is 1.25 bits per heavy atom. The van der Waals surface area contributed by atoms with E-state index in [1.54, 1.807) is 0 Å². The number of carboxylic acid groups (broad SMARTS) is 1. The first-order valence-electron chi connectivity index (χ1n) is 8.26. The number of nitrogens with two attached hydrogens (primary N) is 1. The third-order valence-electron chi connectivity index (χ3n) is 4.74. The Labute approximate surface area is 143 Å². The monoisotopic (exact) mass is 326 g/mol. The van der Waals surface area contributed by atoms with Crippen molar-refractivity contribution in [3.8, 4) is 0 Å². The second-order valence-electron chi connectivity index (χ2n) is 6.18. The van der Waals surface area contributed by atoms with Gasteiger partial charge < -0.3 is 16.2 Å². The normalized spacial score (nSPS) is 12.0. The lowest BCUT2D eigenvalue weighted by Crippen LogP contribution is -2.12. The van der Waals surface area contributed by atoms with Gasteiger partial charge in [-0.25, -0.2) is 0 Å². The molecule has 0 heterocycles. The second kappa shape index (κ2) is 7.39. The highest BCUT2D eigenvalue weighted by Crippen LogP contribution is 2.36. The molecule has 0 saturated heterocycles. The van der Waals surface area contributed by atoms with Gasteiger partial charge in [-0.05, 0) is 54.2 Å². The quantitative estimate of drug-likeness (QED) is 0.699. The summed E-state index contributed by atoms with van der Waals surface area (Å²) in [5.41, 5.74) is 13.2. The summed E-state index contributed by atoms with van der Waals surface area (Å²) >= 11 is 0. The van der Waals surface area contributed by atoms with Crippen LogP contribution in [0.1, 0.15) is 47.1 Å². The first kappa shape index (κ1) is 17.9. The number of anilines is 2. The third kappa shape index (κ3) is 3.53. The van der Waals surface area contributed by atoms with E-state index in [4.69, 9.17) is 5.73 Å². The lowest BCUT2D eigenvalue weighted by Gasteiger charge is -2.22. The van der Waals surface area contributed by atoms with E-state index in [0.717, 1.165) is 28.8 Å². The highest BCUT2D eigenvalue weighted by Gasteiger charge is 2.22. The van der Waals surface area contributed by atoms with Crippen molar-refractivity contribution in [2.24, 2.45) is 0 Å². The van der Waals surface area contributed by atoms with Crippen molar-refractivity contribution in [1.82, 2.24) is 0 Å². The van der Waals surface area contributed by atoms with Gasteiger partial charge in [-0.2, -0.15) is 0 Å². The smallest absolute Gasteiger partial charge is 0.304 e. The van der Waals surface area contributed by atoms with Crippen LogP contribution in [0.25, 0.3) is 0 Å². The molecule has 0 fully saturated rings. The number of hydrogen-bond acceptors (Lipinski definition) is 3. The van der Waals surface area contributed by atoms with E-state index in [1.807, 2.05) is 32.2 Å². The zero-order chi connectivity index (χ0) is 17.9. The van der Waals surface area contributed by atoms with E-state index in [2.05, 4.69) is 31.3 Å². The van der Waals surface area contributed by atoms with E-state index in [-0.39, 0.29) is 12.3 Å². The predicted molar refractivity (Wildman–Crippen MR) is 99.8 cm³/mol. The maximum Gasteiger partial charge on any atom is 0.304 e. The molecule has 128 valence electrons. The summed E-state index contributed by atoms with van der Waals surface area (Å²) in [6, 6.07) is 10.1. The summed E-state index contributed by atoms with van der Waals surface area (Å²) in [4.78, 5) is 11.5. The molecule has 1 unspecified atom stereocenters. The first-order valence-corrected chi connectivity index (χ1v) is 8.26. The summed E-state index contributed by atoms with van der Waals surface area (Å²) in [5, 5.41) is 12.5. The van der Waals surface area contributed by atoms with Crippen LogP contribution in [0, 0.1) is 13.8 Å². The minimum atomic E-state index is -0.811. The van der Waals surface area contributed by atoms with E-state index in [0.29, 0.717) is 5.69 Å². The van der Waals surface area contributed by atoms with Crippen LogP contribution in [0.5, 0.6) is 0 Å². The summed E-state index contributed by atoms with van der Waals surface area (Å²) in [6.45, 7) is 6.15. The van der Waals surface area contributed by atoms with Gasteiger partial charge in [0.05, 0.1) is 17.8 Å². The van der Waals surface area contributed by atoms with Crippen LogP contribution in [0.4, 0.5) is 11.4 Å². The Balaban J connectivity index is 2.58. The van der Waals surface area contributed by atoms with E-state index >= 15 is 0 Å². The molecule has 2 aromatic rings. The minimum absolute atomic E-state index is 0.0470. The number of carboxylic acids is 1. The van der Waals surface area contributed by atoms with Gasteiger partial charge in [0.25, 0.3) is 0 Å². The number of rotatable bonds is 6. The van der Waals surface area contributed by atoms with Gasteiger partial charge in [0.2, 0.25) is 0 Å². The van der Waals surface area contributed by atoms with Gasteiger partial charge in [0, 0.05) is 13.0 Å². The molecule has 0 aliphatic carbocycles. The third-order valence-corrected chi connectivity index (χ3v) is 4.74. The van der Waals surface area contributed by atoms with Crippen LogP contribution in [-0.4, -0.2) is 18.1 Å². The Morgan fingerprint density at radius 2 is 1.96 bits per heavy atom. The maximum atomic E-state index is 11.5. The molecule has 4 N–H and O–H groups in total. The summed E-state index contributed by atoms with van der Waals surface area (Å²) in [6.07, 6.45) is 0.977. The van der Waals surface area contributed by atoms with Crippen LogP contribution >= 0.6 is 0 Å². The number of benzene rings is 2. The molecule has 0 radical (unpaired) electrons. The number of aryl methyl sites for hydroxylation is 2. The van der Waals surface area contributed by atoms with Crippen molar-refractivity contribution in [3.63, 3.8) is 0 Å². The van der Waals surface area contributed by atoms with Gasteiger partial charge in [-0.1, -0.05) is 31.2 Å². The van der Waals surface area contributed by atoms with Crippen LogP contribution in [-0.2, 0) is 11.2 Å². The van der Waals surface area contributed by atoms with Crippen molar-refractivity contribution in [1.29, 1.82) is 0 Å². The molecule has 0 aromatic heterocycles. The van der Waals surface area contributed by atoms with E-state index in [9.17, 15) is 9.90 Å². The molecule has 0 aliphatic heterocycles. The molecule has 0 saturated carbocycles. The topological polar surface area (TPSA) is 75.3 Å². The van der Waals surface area contributed by atoms with Crippen molar-refractivity contribution in [3.05, 3.63) is 58.1 Å². The summed E-state index contributed by atoms with van der Waals surface area (Å²) in [5.74, 6) is -1.02. The van der Waals surface area contributed by atoms with Gasteiger partial charge >= 0.3 is 5.97 Å². The molecule has 1 atom stereocenters. The van der Waals surface area contributed by atoms with Crippen LogP contribution in [0.2, 0.25) is 0 Å². The maximum absolute atomic E-state index is 11.5. The molecule has 24 heavy (non-hydrogen) atoms. The highest BCUT2D eigenvalue weighted by atomic mass is 16.4. The SMILES string of the molecule is CCc1cc(C(CC(=O)O)c2ccc(NC)c(N)c2C)ccc1C. The number of nitrogens with one attached hydrogen (secondary N) is 1. The Hall–Kier alpha value is -2.49. The molecule has 0 aliphatic rings. The van der Waals surface area contributed by atoms with Gasteiger partial charge in [-0.15, -0.1) is 0 Å². The molecule has 0 bridgehead atoms. The average molecular weight is 326 g/mol. The van der Waals surface area contributed by atoms with Crippen molar-refractivity contribution in [2.75, 3.05) is 18.1 Å². The molecule has 4 nitrogen and oxygen atoms in total. The first-order chi connectivity index (χ1) is 11.4. The molecule has 2 rings (SSSR count). The fourth-order valence-electron chi connectivity index (χ4n) is 3.21. The summed E-state index contributed by atoms with van der Waals surface area (Å²) in [7, 11) is 1.83. The number of carbonyl (C=O) groups is 1. The fraction of sp³-hybridized carbons (Fsp3) is 0.350. The van der Waals surface area contributed by atoms with Gasteiger partial charge in [0.1, 0.15) is 0 Å². The predicted octanol–water partition coefficient (Wildman–Crippen LogP) is 4.10. The Kier molecular flexibility index (Phi) is 5.50. The average Bonchev–Trinajstić information content (AvgIpc) is 2.56. The zero-order valence-electron chi connectivity index (χ0n) is 14.8. The van der Waals surface area contributed by atoms with Crippen LogP contribution in [0.3, 0.4) is 0 Å². The number of aliphatic carboxylic acids is 1. The second-order valence-corrected chi connectivity index (χ2v) is 6.18. The largest absolute Gasteiger partial charge is 0.481 e. The van der Waals surface area contributed by atoms with Crippen molar-refractivity contribution in [2.45, 2.75) is 39.5 Å². The van der Waals surface area contributed by atoms with Crippen LogP contribution in [0.15, 0.2) is 30.3 Å². The van der Waals surface area contributed by atoms with Crippen molar-refractivity contribution >= 4 is 17.3 Å². The van der Waals surface area contributed by atoms with Gasteiger partial charge in [0.15, 0.2) is 0 Å². The Bertz CT molecular complexity index is 754. The van der Waals surface area contributed by atoms with Crippen molar-refractivity contribution < 1.29 is 9.90 Å². The number of hydrogen-bond donors (Lipinski definition) is 3. The standard InChI is InChI=1S/C20H26N2O2/c1-5-14-10-15(7-6-12(14)2)17(11-19(23)24)16-8-9-18(22-4)20(21)13(16)3/h6-10,17,22H,5,11,21H2,1-4H3,(H,23,24). The minimum Gasteiger partial charge on any atom is -0.481 e. The van der Waals surface area contributed by atoms with Crippen LogP contribution < -0.4 is 11.1 Å². The molecule has 0 spiro atoms. The zero-order valence-corrected chi connectivity index (χ0v) is 14.8. The summed E-state index contributed by atoms with van der Waals surface area (Å²) < 4.78 is 0. The van der Waals surface area contributed by atoms with Gasteiger partial charge in [-0.3, -0.25) is 4.79 Å². The molecule has 4 heteroatoms. The number of nitrogen functional groups attached to an aromatic ring is 1. The molecular weight excluding hydrogens is 300 g/mol. The lowest BCUT2D eigenvalue weighted by atomic mass is 9.84. The lowest BCUT2D eigenvalue weighted by molar-refractivity contribution is -0.137. The Morgan fingerprint density at radius 3 is 2.54 bits per heavy atom. The van der Waals surface area contributed by atoms with E-state index in [1.165, 1.54) is 11.1 Å². The molecule has 2 aromatic carbocycles. The van der Waals surface area contributed by atoms with E-state index < -0.39 is 5.97 Å². The highest BCUT2D eigenvalue weighted by molar-refractivity contribution is 5.74. The molecule has 0 amide bonds. The fourth-order valence-corrected chi connectivity index (χ4v) is 3.21. The molecular formula is C20H26N2O2.